The molecule has 1 atom stereocenters. The van der Waals surface area contributed by atoms with Gasteiger partial charge in [-0.15, -0.1) is 0 Å². The maximum absolute atomic E-state index is 5.88. The van der Waals surface area contributed by atoms with Crippen molar-refractivity contribution in [2.24, 2.45) is 10.7 Å². The lowest BCUT2D eigenvalue weighted by Gasteiger charge is -2.21. The normalized spacial score (nSPS) is 18.2. The minimum Gasteiger partial charge on any atom is -0.370 e. The third-order valence-corrected chi connectivity index (χ3v) is 3.76. The Morgan fingerprint density at radius 2 is 2.06 bits per heavy atom. The molecule has 3 N–H and O–H groups in total. The molecule has 1 aliphatic rings. The second-order valence-electron chi connectivity index (χ2n) is 5.16. The van der Waals surface area contributed by atoms with Gasteiger partial charge in [-0.25, -0.2) is 4.99 Å². The Morgan fingerprint density at radius 1 is 1.39 bits per heavy atom. The smallest absolute Gasteiger partial charge is 0.193 e. The van der Waals surface area contributed by atoms with Crippen molar-refractivity contribution in [2.75, 3.05) is 5.32 Å². The number of nitrogens with one attached hydrogen (secondary N) is 1. The fourth-order valence-electron chi connectivity index (χ4n) is 2.02. The first-order valence-corrected chi connectivity index (χ1v) is 6.89. The average molecular weight is 245 g/mol. The fraction of sp³-hybridized carbons (Fsp3) is 0.533. The highest BCUT2D eigenvalue weighted by Gasteiger charge is 2.16. The molecule has 0 radical (unpaired) electrons. The highest BCUT2D eigenvalue weighted by Crippen LogP contribution is 2.22. The van der Waals surface area contributed by atoms with Gasteiger partial charge in [0.1, 0.15) is 0 Å². The van der Waals surface area contributed by atoms with Crippen LogP contribution in [-0.2, 0) is 0 Å². The van der Waals surface area contributed by atoms with Gasteiger partial charge in [-0.3, -0.25) is 0 Å². The summed E-state index contributed by atoms with van der Waals surface area (Å²) in [5, 5.41) is 3.15. The lowest BCUT2D eigenvalue weighted by molar-refractivity contribution is 0.420. The largest absolute Gasteiger partial charge is 0.370 e. The molecule has 18 heavy (non-hydrogen) atoms. The van der Waals surface area contributed by atoms with E-state index in [-0.39, 0.29) is 0 Å². The molecule has 2 rings (SSSR count). The molecule has 3 heteroatoms. The van der Waals surface area contributed by atoms with Crippen LogP contribution in [0.3, 0.4) is 0 Å². The van der Waals surface area contributed by atoms with Crippen LogP contribution in [0.1, 0.15) is 51.0 Å². The Morgan fingerprint density at radius 3 is 2.56 bits per heavy atom. The predicted octanol–water partition coefficient (Wildman–Crippen LogP) is 3.48. The summed E-state index contributed by atoms with van der Waals surface area (Å²) in [5.74, 6) is 1.15. The van der Waals surface area contributed by atoms with Crippen LogP contribution < -0.4 is 11.1 Å². The molecule has 1 unspecified atom stereocenters. The van der Waals surface area contributed by atoms with E-state index in [1.807, 2.05) is 0 Å². The zero-order valence-electron chi connectivity index (χ0n) is 11.3. The fourth-order valence-corrected chi connectivity index (χ4v) is 2.02. The van der Waals surface area contributed by atoms with E-state index in [9.17, 15) is 0 Å². The molecule has 1 aromatic rings. The van der Waals surface area contributed by atoms with Crippen molar-refractivity contribution >= 4 is 11.6 Å². The van der Waals surface area contributed by atoms with E-state index < -0.39 is 0 Å². The van der Waals surface area contributed by atoms with Crippen molar-refractivity contribution in [3.05, 3.63) is 29.8 Å². The average Bonchev–Trinajstić information content (AvgIpc) is 2.34. The van der Waals surface area contributed by atoms with E-state index in [2.05, 4.69) is 48.4 Å². The van der Waals surface area contributed by atoms with Crippen molar-refractivity contribution in [3.63, 3.8) is 0 Å². The van der Waals surface area contributed by atoms with Gasteiger partial charge in [0, 0.05) is 5.69 Å². The van der Waals surface area contributed by atoms with Crippen LogP contribution in [0.25, 0.3) is 0 Å². The summed E-state index contributed by atoms with van der Waals surface area (Å²) in [5.41, 5.74) is 8.27. The van der Waals surface area contributed by atoms with Crippen molar-refractivity contribution < 1.29 is 0 Å². The second-order valence-corrected chi connectivity index (χ2v) is 5.16. The van der Waals surface area contributed by atoms with Crippen molar-refractivity contribution in [3.8, 4) is 0 Å². The number of nitrogens with zero attached hydrogens (tertiary/aromatic N) is 1. The van der Waals surface area contributed by atoms with E-state index in [1.165, 1.54) is 24.8 Å². The van der Waals surface area contributed by atoms with Gasteiger partial charge < -0.3 is 11.1 Å². The van der Waals surface area contributed by atoms with E-state index in [4.69, 9.17) is 5.73 Å². The Balaban J connectivity index is 1.95. The molecule has 0 amide bonds. The summed E-state index contributed by atoms with van der Waals surface area (Å²) < 4.78 is 0. The van der Waals surface area contributed by atoms with Crippen LogP contribution in [0.5, 0.6) is 0 Å². The summed E-state index contributed by atoms with van der Waals surface area (Å²) in [4.78, 5) is 4.43. The number of benzene rings is 1. The summed E-state index contributed by atoms with van der Waals surface area (Å²) >= 11 is 0. The maximum Gasteiger partial charge on any atom is 0.193 e. The van der Waals surface area contributed by atoms with E-state index in [0.717, 1.165) is 12.1 Å². The Labute approximate surface area is 109 Å². The van der Waals surface area contributed by atoms with Crippen LogP contribution in [0.15, 0.2) is 29.3 Å². The van der Waals surface area contributed by atoms with Crippen LogP contribution >= 0.6 is 0 Å². The van der Waals surface area contributed by atoms with Crippen LogP contribution in [0.2, 0.25) is 0 Å². The summed E-state index contributed by atoms with van der Waals surface area (Å²) in [6.45, 7) is 4.45. The number of aliphatic imine (C=N–C) groups is 1. The van der Waals surface area contributed by atoms with Gasteiger partial charge in [0.25, 0.3) is 0 Å². The third-order valence-electron chi connectivity index (χ3n) is 3.76. The van der Waals surface area contributed by atoms with Gasteiger partial charge in [-0.1, -0.05) is 26.0 Å². The molecular formula is C15H23N3. The molecule has 0 heterocycles. The first kappa shape index (κ1) is 12.9. The van der Waals surface area contributed by atoms with Crippen LogP contribution in [0, 0.1) is 0 Å². The predicted molar refractivity (Wildman–Crippen MR) is 78.0 cm³/mol. The zero-order valence-corrected chi connectivity index (χ0v) is 11.3. The van der Waals surface area contributed by atoms with Crippen LogP contribution in [-0.4, -0.2) is 12.0 Å². The quantitative estimate of drug-likeness (QED) is 0.630. The molecule has 0 aliphatic heterocycles. The van der Waals surface area contributed by atoms with Gasteiger partial charge in [-0.2, -0.15) is 0 Å². The lowest BCUT2D eigenvalue weighted by atomic mass is 9.94. The highest BCUT2D eigenvalue weighted by atomic mass is 15.1. The molecule has 0 bridgehead atoms. The second kappa shape index (κ2) is 5.89. The lowest BCUT2D eigenvalue weighted by Crippen LogP contribution is -2.27. The van der Waals surface area contributed by atoms with Gasteiger partial charge in [-0.05, 0) is 49.3 Å². The highest BCUT2D eigenvalue weighted by molar-refractivity contribution is 5.92. The number of anilines is 1. The van der Waals surface area contributed by atoms with Crippen LogP contribution in [0.4, 0.5) is 5.69 Å². The van der Waals surface area contributed by atoms with E-state index in [0.29, 0.717) is 17.9 Å². The maximum atomic E-state index is 5.88. The van der Waals surface area contributed by atoms with Crippen molar-refractivity contribution in [2.45, 2.75) is 51.5 Å². The number of nitrogens with two attached hydrogens (primary N) is 1. The first-order chi connectivity index (χ1) is 8.69. The number of rotatable bonds is 4. The summed E-state index contributed by atoms with van der Waals surface area (Å²) in [7, 11) is 0. The molecule has 0 aromatic heterocycles. The molecule has 1 aliphatic carbocycles. The molecular weight excluding hydrogens is 222 g/mol. The van der Waals surface area contributed by atoms with Gasteiger partial charge in [0.2, 0.25) is 0 Å². The molecule has 3 nitrogen and oxygen atoms in total. The molecule has 98 valence electrons. The van der Waals surface area contributed by atoms with E-state index in [1.54, 1.807) is 0 Å². The third kappa shape index (κ3) is 3.25. The Bertz CT molecular complexity index is 404. The van der Waals surface area contributed by atoms with Gasteiger partial charge in [0.15, 0.2) is 5.96 Å². The standard InChI is InChI=1S/C15H23N3/c1-3-11(2)12-7-9-14(10-8-12)18-15(16)17-13-5-4-6-13/h7-11,13H,3-6H2,1-2H3,(H3,16,17,18). The van der Waals surface area contributed by atoms with Gasteiger partial charge >= 0.3 is 0 Å². The number of guanidine groups is 1. The molecule has 1 saturated carbocycles. The number of hydrogen-bond acceptors (Lipinski definition) is 1. The van der Waals surface area contributed by atoms with Gasteiger partial charge in [0.05, 0.1) is 6.04 Å². The minimum absolute atomic E-state index is 0.442. The van der Waals surface area contributed by atoms with Crippen molar-refractivity contribution in [1.82, 2.24) is 0 Å². The summed E-state index contributed by atoms with van der Waals surface area (Å²) in [6, 6.07) is 8.91. The minimum atomic E-state index is 0.442. The number of hydrogen-bond donors (Lipinski definition) is 2. The molecule has 0 saturated heterocycles. The van der Waals surface area contributed by atoms with E-state index >= 15 is 0 Å². The molecule has 1 fully saturated rings. The Hall–Kier alpha value is -1.51. The molecule has 0 spiro atoms. The SMILES string of the molecule is CCC(C)c1ccc(NC(N)=NC2CCC2)cc1. The summed E-state index contributed by atoms with van der Waals surface area (Å²) in [6.07, 6.45) is 4.80. The Kier molecular flexibility index (Phi) is 4.24. The molecule has 1 aromatic carbocycles. The van der Waals surface area contributed by atoms with Crippen molar-refractivity contribution in [1.29, 1.82) is 0 Å². The topological polar surface area (TPSA) is 50.4 Å². The first-order valence-electron chi connectivity index (χ1n) is 6.89. The monoisotopic (exact) mass is 245 g/mol. The zero-order chi connectivity index (χ0) is 13.0.